The van der Waals surface area contributed by atoms with E-state index in [1.807, 2.05) is 6.07 Å². The number of aromatic nitrogens is 1. The van der Waals surface area contributed by atoms with Crippen LogP contribution in [0.5, 0.6) is 0 Å². The van der Waals surface area contributed by atoms with Crippen LogP contribution in [0.2, 0.25) is 0 Å². The number of guanidine groups is 1. The summed E-state index contributed by atoms with van der Waals surface area (Å²) in [7, 11) is -3.58. The van der Waals surface area contributed by atoms with Crippen molar-refractivity contribution in [2.45, 2.75) is 11.3 Å². The SMILES string of the molecule is Cl.NC(N)=NCCCNS(=O)(=O)c1cccc2cnccc12. The minimum Gasteiger partial charge on any atom is -0.370 e. The fourth-order valence-corrected chi connectivity index (χ4v) is 3.20. The Morgan fingerprint density at radius 2 is 2.05 bits per heavy atom. The van der Waals surface area contributed by atoms with E-state index in [4.69, 9.17) is 11.5 Å². The first-order valence-electron chi connectivity index (χ1n) is 6.38. The third-order valence-electron chi connectivity index (χ3n) is 2.85. The second-order valence-corrected chi connectivity index (χ2v) is 6.15. The van der Waals surface area contributed by atoms with Crippen LogP contribution in [0.3, 0.4) is 0 Å². The average molecular weight is 344 g/mol. The smallest absolute Gasteiger partial charge is 0.241 e. The van der Waals surface area contributed by atoms with E-state index in [1.165, 1.54) is 0 Å². The standard InChI is InChI=1S/C13H17N5O2S.ClH/c14-13(15)17-6-2-7-18-21(19,20)12-4-1-3-10-9-16-8-5-11(10)12;/h1,3-5,8-9,18H,2,6-7H2,(H4,14,15,17);1H. The van der Waals surface area contributed by atoms with Crippen LogP contribution >= 0.6 is 12.4 Å². The number of rotatable bonds is 6. The molecule has 0 bridgehead atoms. The predicted octanol–water partition coefficient (Wildman–Crippen LogP) is 0.598. The van der Waals surface area contributed by atoms with E-state index in [0.717, 1.165) is 5.39 Å². The molecule has 0 atom stereocenters. The fourth-order valence-electron chi connectivity index (χ4n) is 1.90. The molecule has 2 rings (SSSR count). The first-order valence-corrected chi connectivity index (χ1v) is 7.87. The molecule has 1 heterocycles. The molecule has 1 aromatic carbocycles. The highest BCUT2D eigenvalue weighted by atomic mass is 35.5. The number of sulfonamides is 1. The second kappa shape index (κ2) is 7.92. The molecule has 120 valence electrons. The molecular weight excluding hydrogens is 326 g/mol. The maximum atomic E-state index is 12.3. The number of halogens is 1. The minimum absolute atomic E-state index is 0. The van der Waals surface area contributed by atoms with Crippen molar-refractivity contribution in [3.8, 4) is 0 Å². The lowest BCUT2D eigenvalue weighted by Gasteiger charge is -2.08. The Morgan fingerprint density at radius 3 is 2.77 bits per heavy atom. The maximum Gasteiger partial charge on any atom is 0.241 e. The van der Waals surface area contributed by atoms with Crippen molar-refractivity contribution in [3.05, 3.63) is 36.7 Å². The van der Waals surface area contributed by atoms with Crippen LogP contribution < -0.4 is 16.2 Å². The summed E-state index contributed by atoms with van der Waals surface area (Å²) in [6.45, 7) is 0.644. The van der Waals surface area contributed by atoms with Gasteiger partial charge in [-0.3, -0.25) is 9.98 Å². The summed E-state index contributed by atoms with van der Waals surface area (Å²) < 4.78 is 27.2. The lowest BCUT2D eigenvalue weighted by Crippen LogP contribution is -2.26. The summed E-state index contributed by atoms with van der Waals surface area (Å²) in [6.07, 6.45) is 3.72. The van der Waals surface area contributed by atoms with Crippen LogP contribution in [0, 0.1) is 0 Å². The summed E-state index contributed by atoms with van der Waals surface area (Å²) in [4.78, 5) is 8.02. The van der Waals surface area contributed by atoms with E-state index in [0.29, 0.717) is 18.4 Å². The van der Waals surface area contributed by atoms with E-state index in [2.05, 4.69) is 14.7 Å². The van der Waals surface area contributed by atoms with E-state index in [1.54, 1.807) is 30.6 Å². The Morgan fingerprint density at radius 1 is 1.27 bits per heavy atom. The van der Waals surface area contributed by atoms with Crippen LogP contribution in [-0.2, 0) is 10.0 Å². The van der Waals surface area contributed by atoms with Crippen LogP contribution in [0.25, 0.3) is 10.8 Å². The van der Waals surface area contributed by atoms with Crippen LogP contribution in [0.4, 0.5) is 0 Å². The van der Waals surface area contributed by atoms with E-state index < -0.39 is 10.0 Å². The topological polar surface area (TPSA) is 123 Å². The molecule has 0 fully saturated rings. The van der Waals surface area contributed by atoms with Crippen molar-refractivity contribution in [1.82, 2.24) is 9.71 Å². The Kier molecular flexibility index (Phi) is 6.54. The van der Waals surface area contributed by atoms with Gasteiger partial charge in [0.25, 0.3) is 0 Å². The van der Waals surface area contributed by atoms with Gasteiger partial charge >= 0.3 is 0 Å². The molecular formula is C13H18ClN5O2S. The van der Waals surface area contributed by atoms with Crippen LogP contribution in [-0.4, -0.2) is 32.5 Å². The molecule has 0 unspecified atom stereocenters. The van der Waals surface area contributed by atoms with Crippen molar-refractivity contribution in [3.63, 3.8) is 0 Å². The minimum atomic E-state index is -3.58. The second-order valence-electron chi connectivity index (χ2n) is 4.41. The Hall–Kier alpha value is -1.90. The maximum absolute atomic E-state index is 12.3. The Labute approximate surface area is 135 Å². The number of nitrogens with two attached hydrogens (primary N) is 2. The quantitative estimate of drug-likeness (QED) is 0.402. The van der Waals surface area contributed by atoms with Crippen molar-refractivity contribution in [2.24, 2.45) is 16.5 Å². The lowest BCUT2D eigenvalue weighted by molar-refractivity contribution is 0.580. The van der Waals surface area contributed by atoms with Crippen molar-refractivity contribution in [1.29, 1.82) is 0 Å². The van der Waals surface area contributed by atoms with Crippen molar-refractivity contribution < 1.29 is 8.42 Å². The van der Waals surface area contributed by atoms with Gasteiger partial charge in [-0.15, -0.1) is 12.4 Å². The van der Waals surface area contributed by atoms with Gasteiger partial charge in [0.15, 0.2) is 5.96 Å². The number of nitrogens with one attached hydrogen (secondary N) is 1. The zero-order valence-electron chi connectivity index (χ0n) is 11.8. The molecule has 0 aliphatic heterocycles. The molecule has 0 saturated heterocycles. The van der Waals surface area contributed by atoms with Gasteiger partial charge in [-0.2, -0.15) is 0 Å². The summed E-state index contributed by atoms with van der Waals surface area (Å²) in [5.74, 6) is -0.000546. The van der Waals surface area contributed by atoms with Crippen LogP contribution in [0.15, 0.2) is 46.5 Å². The highest BCUT2D eigenvalue weighted by Gasteiger charge is 2.16. The number of aliphatic imine (C=N–C) groups is 1. The molecule has 5 N–H and O–H groups in total. The fraction of sp³-hybridized carbons (Fsp3) is 0.231. The largest absolute Gasteiger partial charge is 0.370 e. The monoisotopic (exact) mass is 343 g/mol. The zero-order chi connectivity index (χ0) is 15.3. The first-order chi connectivity index (χ1) is 10.0. The molecule has 1 aromatic heterocycles. The number of hydrogen-bond donors (Lipinski definition) is 3. The molecule has 9 heteroatoms. The van der Waals surface area contributed by atoms with Gasteiger partial charge < -0.3 is 11.5 Å². The van der Waals surface area contributed by atoms with Gasteiger partial charge in [-0.25, -0.2) is 13.1 Å². The zero-order valence-corrected chi connectivity index (χ0v) is 13.4. The van der Waals surface area contributed by atoms with Crippen LogP contribution in [0.1, 0.15) is 6.42 Å². The number of nitrogens with zero attached hydrogens (tertiary/aromatic N) is 2. The number of fused-ring (bicyclic) bond motifs is 1. The number of benzene rings is 1. The molecule has 0 radical (unpaired) electrons. The molecule has 0 aliphatic rings. The third-order valence-corrected chi connectivity index (χ3v) is 4.37. The lowest BCUT2D eigenvalue weighted by atomic mass is 10.2. The summed E-state index contributed by atoms with van der Waals surface area (Å²) in [5.41, 5.74) is 10.4. The van der Waals surface area contributed by atoms with Crippen molar-refractivity contribution >= 4 is 39.2 Å². The Bertz CT molecular complexity index is 755. The summed E-state index contributed by atoms with van der Waals surface area (Å²) in [6, 6.07) is 6.77. The molecule has 0 saturated carbocycles. The van der Waals surface area contributed by atoms with Crippen molar-refractivity contribution in [2.75, 3.05) is 13.1 Å². The first kappa shape index (κ1) is 18.1. The molecule has 0 amide bonds. The van der Waals surface area contributed by atoms with E-state index in [-0.39, 0.29) is 29.8 Å². The average Bonchev–Trinajstić information content (AvgIpc) is 2.46. The van der Waals surface area contributed by atoms with E-state index >= 15 is 0 Å². The molecule has 22 heavy (non-hydrogen) atoms. The molecule has 0 aliphatic carbocycles. The predicted molar refractivity (Wildman–Crippen MR) is 89.5 cm³/mol. The van der Waals surface area contributed by atoms with Gasteiger partial charge in [-0.05, 0) is 18.6 Å². The Balaban J connectivity index is 0.00000242. The normalized spacial score (nSPS) is 10.9. The highest BCUT2D eigenvalue weighted by Crippen LogP contribution is 2.21. The molecule has 2 aromatic rings. The van der Waals surface area contributed by atoms with Gasteiger partial charge in [0.05, 0.1) is 4.90 Å². The van der Waals surface area contributed by atoms with E-state index in [9.17, 15) is 8.42 Å². The number of hydrogen-bond acceptors (Lipinski definition) is 4. The van der Waals surface area contributed by atoms with Gasteiger partial charge in [0.2, 0.25) is 10.0 Å². The summed E-state index contributed by atoms with van der Waals surface area (Å²) in [5, 5.41) is 1.42. The van der Waals surface area contributed by atoms with Gasteiger partial charge in [0, 0.05) is 36.3 Å². The molecule has 7 nitrogen and oxygen atoms in total. The van der Waals surface area contributed by atoms with Gasteiger partial charge in [0.1, 0.15) is 0 Å². The summed E-state index contributed by atoms with van der Waals surface area (Å²) >= 11 is 0. The third kappa shape index (κ3) is 4.55. The molecule has 0 spiro atoms. The highest BCUT2D eigenvalue weighted by molar-refractivity contribution is 7.89. The number of pyridine rings is 1. The van der Waals surface area contributed by atoms with Gasteiger partial charge in [-0.1, -0.05) is 12.1 Å².